The molecule has 2 N–H and O–H groups in total. The number of hydrogen-bond acceptors (Lipinski definition) is 1. The van der Waals surface area contributed by atoms with Gasteiger partial charge in [-0.05, 0) is 30.7 Å². The van der Waals surface area contributed by atoms with Gasteiger partial charge in [-0.2, -0.15) is 0 Å². The van der Waals surface area contributed by atoms with E-state index in [9.17, 15) is 0 Å². The zero-order valence-corrected chi connectivity index (χ0v) is 15.3. The largest absolute Gasteiger partial charge is 0.356 e. The van der Waals surface area contributed by atoms with Crippen LogP contribution in [0.15, 0.2) is 35.3 Å². The third kappa shape index (κ3) is 3.71. The van der Waals surface area contributed by atoms with E-state index in [2.05, 4.69) is 52.9 Å². The summed E-state index contributed by atoms with van der Waals surface area (Å²) in [6.45, 7) is 3.26. The molecular weight excluding hydrogens is 373 g/mol. The molecule has 116 valence electrons. The van der Waals surface area contributed by atoms with Crippen molar-refractivity contribution in [3.63, 3.8) is 0 Å². The van der Waals surface area contributed by atoms with E-state index in [0.717, 1.165) is 18.4 Å². The lowest BCUT2D eigenvalue weighted by Gasteiger charge is -2.43. The van der Waals surface area contributed by atoms with Gasteiger partial charge in [0.1, 0.15) is 0 Å². The summed E-state index contributed by atoms with van der Waals surface area (Å²) in [7, 11) is 1.86. The number of guanidine groups is 1. The first-order chi connectivity index (χ1) is 9.73. The number of rotatable bonds is 4. The molecular formula is C17H26IN3. The van der Waals surface area contributed by atoms with Gasteiger partial charge in [0, 0.05) is 25.0 Å². The minimum absolute atomic E-state index is 0. The van der Waals surface area contributed by atoms with E-state index in [1.165, 1.54) is 31.2 Å². The highest BCUT2D eigenvalue weighted by atomic mass is 127. The number of nitrogens with one attached hydrogen (secondary N) is 2. The molecule has 0 aromatic heterocycles. The first kappa shape index (κ1) is 16.6. The highest BCUT2D eigenvalue weighted by molar-refractivity contribution is 14.0. The van der Waals surface area contributed by atoms with Crippen LogP contribution in [0.2, 0.25) is 0 Å². The van der Waals surface area contributed by atoms with Crippen LogP contribution in [0.1, 0.15) is 38.2 Å². The Hall–Kier alpha value is -0.780. The second kappa shape index (κ2) is 6.99. The molecule has 2 aliphatic rings. The molecule has 0 aliphatic heterocycles. The Kier molecular flexibility index (Phi) is 5.52. The van der Waals surface area contributed by atoms with Crippen molar-refractivity contribution in [1.29, 1.82) is 0 Å². The maximum Gasteiger partial charge on any atom is 0.191 e. The van der Waals surface area contributed by atoms with Crippen LogP contribution in [-0.2, 0) is 5.41 Å². The number of hydrogen-bond donors (Lipinski definition) is 2. The lowest BCUT2D eigenvalue weighted by atomic mass is 9.64. The van der Waals surface area contributed by atoms with Crippen molar-refractivity contribution >= 4 is 29.9 Å². The fourth-order valence-electron chi connectivity index (χ4n) is 3.11. The van der Waals surface area contributed by atoms with Crippen LogP contribution in [0.25, 0.3) is 0 Å². The molecule has 1 aromatic carbocycles. The summed E-state index contributed by atoms with van der Waals surface area (Å²) in [6.07, 6.45) is 5.16. The van der Waals surface area contributed by atoms with Crippen molar-refractivity contribution in [2.75, 3.05) is 13.6 Å². The van der Waals surface area contributed by atoms with E-state index < -0.39 is 0 Å². The Labute approximate surface area is 145 Å². The van der Waals surface area contributed by atoms with Gasteiger partial charge in [-0.1, -0.05) is 43.7 Å². The van der Waals surface area contributed by atoms with Crippen molar-refractivity contribution in [2.45, 2.75) is 44.1 Å². The predicted octanol–water partition coefficient (Wildman–Crippen LogP) is 3.30. The van der Waals surface area contributed by atoms with Crippen LogP contribution in [0, 0.1) is 5.92 Å². The number of nitrogens with zero attached hydrogens (tertiary/aromatic N) is 1. The molecule has 0 spiro atoms. The normalized spacial score (nSPS) is 26.3. The monoisotopic (exact) mass is 399 g/mol. The summed E-state index contributed by atoms with van der Waals surface area (Å²) < 4.78 is 0. The maximum absolute atomic E-state index is 4.35. The third-order valence-electron chi connectivity index (χ3n) is 4.95. The first-order valence-corrected chi connectivity index (χ1v) is 7.76. The summed E-state index contributed by atoms with van der Waals surface area (Å²) in [5.41, 5.74) is 1.78. The fourth-order valence-corrected chi connectivity index (χ4v) is 3.11. The Morgan fingerprint density at radius 1 is 1.29 bits per heavy atom. The summed E-state index contributed by atoms with van der Waals surface area (Å²) in [5, 5.41) is 7.04. The van der Waals surface area contributed by atoms with E-state index in [1.54, 1.807) is 0 Å². The van der Waals surface area contributed by atoms with Crippen LogP contribution < -0.4 is 10.6 Å². The molecule has 1 aromatic rings. The maximum atomic E-state index is 4.35. The van der Waals surface area contributed by atoms with Crippen molar-refractivity contribution < 1.29 is 0 Å². The van der Waals surface area contributed by atoms with Gasteiger partial charge in [-0.25, -0.2) is 0 Å². The molecule has 2 fully saturated rings. The third-order valence-corrected chi connectivity index (χ3v) is 4.95. The standard InChI is InChI=1S/C17H25N3.HI/c1-13-11-15(13)20-16(18-2)19-12-17(9-6-10-17)14-7-4-3-5-8-14;/h3-5,7-8,13,15H,6,9-12H2,1-2H3,(H2,18,19,20);1H. The topological polar surface area (TPSA) is 36.4 Å². The SMILES string of the molecule is CN=C(NCC1(c2ccccc2)CCC1)NC1CC1C.I. The van der Waals surface area contributed by atoms with Crippen LogP contribution >= 0.6 is 24.0 Å². The van der Waals surface area contributed by atoms with Crippen LogP contribution in [0.5, 0.6) is 0 Å². The quantitative estimate of drug-likeness (QED) is 0.463. The predicted molar refractivity (Wildman–Crippen MR) is 99.5 cm³/mol. The van der Waals surface area contributed by atoms with Crippen LogP contribution in [-0.4, -0.2) is 25.6 Å². The van der Waals surface area contributed by atoms with Gasteiger partial charge in [0.2, 0.25) is 0 Å². The highest BCUT2D eigenvalue weighted by Gasteiger charge is 2.39. The molecule has 2 aliphatic carbocycles. The minimum Gasteiger partial charge on any atom is -0.356 e. The second-order valence-corrected chi connectivity index (χ2v) is 6.39. The fraction of sp³-hybridized carbons (Fsp3) is 0.588. The lowest BCUT2D eigenvalue weighted by Crippen LogP contribution is -2.49. The van der Waals surface area contributed by atoms with Crippen LogP contribution in [0.3, 0.4) is 0 Å². The molecule has 0 radical (unpaired) electrons. The van der Waals surface area contributed by atoms with E-state index in [4.69, 9.17) is 0 Å². The number of aliphatic imine (C=N–C) groups is 1. The summed E-state index contributed by atoms with van der Waals surface area (Å²) in [6, 6.07) is 11.5. The van der Waals surface area contributed by atoms with Gasteiger partial charge < -0.3 is 10.6 Å². The Balaban J connectivity index is 0.00000161. The Morgan fingerprint density at radius 3 is 2.43 bits per heavy atom. The van der Waals surface area contributed by atoms with E-state index >= 15 is 0 Å². The highest BCUT2D eigenvalue weighted by Crippen LogP contribution is 2.43. The van der Waals surface area contributed by atoms with E-state index in [1.807, 2.05) is 7.05 Å². The molecule has 0 saturated heterocycles. The van der Waals surface area contributed by atoms with Gasteiger partial charge in [0.05, 0.1) is 0 Å². The molecule has 3 rings (SSSR count). The summed E-state index contributed by atoms with van der Waals surface area (Å²) in [5.74, 6) is 1.75. The van der Waals surface area contributed by atoms with Gasteiger partial charge in [0.15, 0.2) is 5.96 Å². The molecule has 4 heteroatoms. The van der Waals surface area contributed by atoms with Crippen molar-refractivity contribution in [2.24, 2.45) is 10.9 Å². The van der Waals surface area contributed by atoms with E-state index in [-0.39, 0.29) is 24.0 Å². The molecule has 3 nitrogen and oxygen atoms in total. The van der Waals surface area contributed by atoms with Crippen molar-refractivity contribution in [3.8, 4) is 0 Å². The first-order valence-electron chi connectivity index (χ1n) is 7.76. The zero-order chi connectivity index (χ0) is 14.0. The van der Waals surface area contributed by atoms with E-state index in [0.29, 0.717) is 11.5 Å². The molecule has 0 amide bonds. The second-order valence-electron chi connectivity index (χ2n) is 6.39. The van der Waals surface area contributed by atoms with Gasteiger partial charge >= 0.3 is 0 Å². The van der Waals surface area contributed by atoms with Gasteiger partial charge in [-0.3, -0.25) is 4.99 Å². The lowest BCUT2D eigenvalue weighted by molar-refractivity contribution is 0.244. The van der Waals surface area contributed by atoms with Gasteiger partial charge in [-0.15, -0.1) is 24.0 Å². The summed E-state index contributed by atoms with van der Waals surface area (Å²) in [4.78, 5) is 4.35. The molecule has 2 saturated carbocycles. The van der Waals surface area contributed by atoms with Crippen LogP contribution in [0.4, 0.5) is 0 Å². The molecule has 21 heavy (non-hydrogen) atoms. The number of halogens is 1. The van der Waals surface area contributed by atoms with Crippen molar-refractivity contribution in [3.05, 3.63) is 35.9 Å². The summed E-state index contributed by atoms with van der Waals surface area (Å²) >= 11 is 0. The minimum atomic E-state index is 0. The number of benzene rings is 1. The smallest absolute Gasteiger partial charge is 0.191 e. The Bertz CT molecular complexity index is 482. The average Bonchev–Trinajstić information content (AvgIpc) is 3.13. The van der Waals surface area contributed by atoms with Crippen molar-refractivity contribution in [1.82, 2.24) is 10.6 Å². The Morgan fingerprint density at radius 2 is 1.95 bits per heavy atom. The molecule has 2 unspecified atom stereocenters. The molecule has 0 heterocycles. The molecule has 2 atom stereocenters. The average molecular weight is 399 g/mol. The zero-order valence-electron chi connectivity index (χ0n) is 12.9. The van der Waals surface area contributed by atoms with Gasteiger partial charge in [0.25, 0.3) is 0 Å². The molecule has 0 bridgehead atoms.